The van der Waals surface area contributed by atoms with E-state index < -0.39 is 0 Å². The van der Waals surface area contributed by atoms with Gasteiger partial charge in [0.15, 0.2) is 0 Å². The second-order valence-electron chi connectivity index (χ2n) is 1.12. The molecule has 0 aromatic carbocycles. The van der Waals surface area contributed by atoms with Gasteiger partial charge >= 0.3 is 0 Å². The summed E-state index contributed by atoms with van der Waals surface area (Å²) in [7, 11) is 0. The van der Waals surface area contributed by atoms with Gasteiger partial charge in [0.05, 0.1) is 0 Å². The van der Waals surface area contributed by atoms with Crippen molar-refractivity contribution < 1.29 is 18.6 Å². The third-order valence-electron chi connectivity index (χ3n) is 0.538. The Balaban J connectivity index is -0.000000125. The van der Waals surface area contributed by atoms with Gasteiger partial charge in [-0.3, -0.25) is 6.08 Å². The average molecular weight is 148 g/mol. The molecule has 0 bridgehead atoms. The van der Waals surface area contributed by atoms with Gasteiger partial charge < -0.3 is 13.8 Å². The number of rotatable bonds is 2. The van der Waals surface area contributed by atoms with Crippen molar-refractivity contribution >= 4 is 0 Å². The van der Waals surface area contributed by atoms with Gasteiger partial charge in [-0.25, -0.2) is 19.4 Å². The first kappa shape index (κ1) is 15.7. The summed E-state index contributed by atoms with van der Waals surface area (Å²) in [4.78, 5) is 0. The molecule has 0 N–H and O–H groups in total. The van der Waals surface area contributed by atoms with Crippen LogP contribution in [-0.2, 0) is 18.6 Å². The van der Waals surface area contributed by atoms with E-state index in [4.69, 9.17) is 0 Å². The molecule has 0 aliphatic rings. The minimum atomic E-state index is 0. The Labute approximate surface area is 65.3 Å². The minimum Gasteiger partial charge on any atom is -0.358 e. The van der Waals surface area contributed by atoms with Crippen molar-refractivity contribution in [3.63, 3.8) is 0 Å². The minimum absolute atomic E-state index is 0. The number of allylic oxidation sites excluding steroid dienone is 2. The quantitative estimate of drug-likeness (QED) is 0.527. The summed E-state index contributed by atoms with van der Waals surface area (Å²) in [6.07, 6.45) is 6.95. The molecular weight excluding hydrogens is 135 g/mol. The Kier molecular flexibility index (Phi) is 30.8. The molecule has 0 aromatic rings. The largest absolute Gasteiger partial charge is 0.358 e. The monoisotopic (exact) mass is 148 g/mol. The number of hydrogen-bond acceptors (Lipinski definition) is 0. The third-order valence-corrected chi connectivity index (χ3v) is 0.538. The zero-order valence-electron chi connectivity index (χ0n) is 5.59. The van der Waals surface area contributed by atoms with Crippen LogP contribution in [0.3, 0.4) is 0 Å². The fourth-order valence-electron chi connectivity index (χ4n) is 0.232. The zero-order chi connectivity index (χ0) is 4.83. The molecule has 0 fully saturated rings. The van der Waals surface area contributed by atoms with Gasteiger partial charge in [0, 0.05) is 18.6 Å². The topological polar surface area (TPSA) is 0 Å². The van der Waals surface area contributed by atoms with Gasteiger partial charge in [-0.05, 0) is 0 Å². The van der Waals surface area contributed by atoms with Crippen LogP contribution in [0, 0.1) is 20.8 Å². The van der Waals surface area contributed by atoms with Crippen molar-refractivity contribution in [2.24, 2.45) is 0 Å². The Bertz CT molecular complexity index is 39.7. The van der Waals surface area contributed by atoms with Crippen molar-refractivity contribution in [2.75, 3.05) is 0 Å². The predicted molar refractivity (Wildman–Crippen MR) is 35.5 cm³/mol. The Morgan fingerprint density at radius 3 is 2.25 bits per heavy atom. The van der Waals surface area contributed by atoms with Crippen LogP contribution in [0.2, 0.25) is 0 Å². The third kappa shape index (κ3) is 16.4. The smallest absolute Gasteiger partial charge is 0 e. The molecule has 0 nitrogen and oxygen atoms in total. The van der Waals surface area contributed by atoms with Crippen LogP contribution in [-0.4, -0.2) is 0 Å². The molecule has 0 aliphatic heterocycles. The van der Waals surface area contributed by atoms with Crippen LogP contribution in [0.25, 0.3) is 0 Å². The van der Waals surface area contributed by atoms with Gasteiger partial charge in [0.25, 0.3) is 0 Å². The molecule has 8 heavy (non-hydrogen) atoms. The van der Waals surface area contributed by atoms with Crippen molar-refractivity contribution in [1.29, 1.82) is 0 Å². The molecule has 0 aliphatic carbocycles. The standard InChI is InChI=1S/C6H10.CH3.V/c1-3-5-6-4-2;;/h3-5H,1,6H2,2H3;1H3;/q-2;-1;. The fourth-order valence-corrected chi connectivity index (χ4v) is 0.232. The van der Waals surface area contributed by atoms with Gasteiger partial charge in [-0.1, -0.05) is 0 Å². The van der Waals surface area contributed by atoms with E-state index in [1.807, 2.05) is 13.0 Å². The Morgan fingerprint density at radius 1 is 1.62 bits per heavy atom. The zero-order valence-corrected chi connectivity index (χ0v) is 6.99. The van der Waals surface area contributed by atoms with Gasteiger partial charge in [-0.2, -0.15) is 6.92 Å². The van der Waals surface area contributed by atoms with Crippen LogP contribution in [0.5, 0.6) is 0 Å². The summed E-state index contributed by atoms with van der Waals surface area (Å²) >= 11 is 0. The van der Waals surface area contributed by atoms with E-state index in [1.54, 1.807) is 6.08 Å². The molecule has 0 aromatic heterocycles. The molecule has 0 atom stereocenters. The second-order valence-corrected chi connectivity index (χ2v) is 1.12. The Morgan fingerprint density at radius 2 is 2.12 bits per heavy atom. The van der Waals surface area contributed by atoms with Crippen LogP contribution in [0.15, 0.2) is 12.2 Å². The fraction of sp³-hybridized carbons (Fsp3) is 0.286. The van der Waals surface area contributed by atoms with Gasteiger partial charge in [-0.15, -0.1) is 0 Å². The van der Waals surface area contributed by atoms with Crippen LogP contribution >= 0.6 is 0 Å². The van der Waals surface area contributed by atoms with E-state index in [0.29, 0.717) is 0 Å². The molecule has 0 amide bonds. The maximum atomic E-state index is 3.52. The number of hydrogen-bond donors (Lipinski definition) is 0. The van der Waals surface area contributed by atoms with Crippen LogP contribution in [0.4, 0.5) is 0 Å². The Hall–Kier alpha value is 0.194. The van der Waals surface area contributed by atoms with Gasteiger partial charge in [0.2, 0.25) is 0 Å². The first-order valence-corrected chi connectivity index (χ1v) is 2.14. The van der Waals surface area contributed by atoms with E-state index in [0.717, 1.165) is 6.42 Å². The van der Waals surface area contributed by atoms with E-state index in [2.05, 4.69) is 13.3 Å². The summed E-state index contributed by atoms with van der Waals surface area (Å²) in [5.41, 5.74) is 0. The maximum Gasteiger partial charge on any atom is 0 e. The molecule has 0 spiro atoms. The predicted octanol–water partition coefficient (Wildman–Crippen LogP) is 2.44. The molecule has 1 heteroatoms. The van der Waals surface area contributed by atoms with Crippen LogP contribution < -0.4 is 0 Å². The van der Waals surface area contributed by atoms with Crippen molar-refractivity contribution in [1.82, 2.24) is 0 Å². The van der Waals surface area contributed by atoms with E-state index in [1.165, 1.54) is 0 Å². The molecule has 0 rings (SSSR count). The summed E-state index contributed by atoms with van der Waals surface area (Å²) in [5.74, 6) is 0. The first-order chi connectivity index (χ1) is 2.91. The van der Waals surface area contributed by atoms with Crippen molar-refractivity contribution in [2.45, 2.75) is 13.3 Å². The number of unbranched alkanes of at least 4 members (excludes halogenated alkanes) is 1. The molecule has 0 saturated heterocycles. The van der Waals surface area contributed by atoms with E-state index >= 15 is 0 Å². The van der Waals surface area contributed by atoms with Gasteiger partial charge in [0.1, 0.15) is 0 Å². The van der Waals surface area contributed by atoms with E-state index in [-0.39, 0.29) is 26.0 Å². The second kappa shape index (κ2) is 15.7. The van der Waals surface area contributed by atoms with Crippen molar-refractivity contribution in [3.05, 3.63) is 32.9 Å². The normalized spacial score (nSPS) is 7.62. The molecule has 49 valence electrons. The average Bonchev–Trinajstić information content (AvgIpc) is 1.61. The van der Waals surface area contributed by atoms with Crippen molar-refractivity contribution in [3.8, 4) is 0 Å². The molecule has 1 radical (unpaired) electrons. The maximum absolute atomic E-state index is 3.52. The molecule has 0 unspecified atom stereocenters. The first-order valence-electron chi connectivity index (χ1n) is 2.14. The summed E-state index contributed by atoms with van der Waals surface area (Å²) in [6, 6.07) is 0. The van der Waals surface area contributed by atoms with Crippen LogP contribution in [0.1, 0.15) is 13.3 Å². The summed E-state index contributed by atoms with van der Waals surface area (Å²) in [6.45, 7) is 5.55. The SMILES string of the molecule is [CH2-]C=CC[CH-]C.[CH3-].[V]. The molecular formula is C7H13V-3. The summed E-state index contributed by atoms with van der Waals surface area (Å²) < 4.78 is 0. The van der Waals surface area contributed by atoms with E-state index in [9.17, 15) is 0 Å². The summed E-state index contributed by atoms with van der Waals surface area (Å²) in [5, 5.41) is 0. The molecule has 0 saturated carbocycles. The molecule has 0 heterocycles.